The highest BCUT2D eigenvalue weighted by Gasteiger charge is 2.29. The van der Waals surface area contributed by atoms with Gasteiger partial charge in [0.2, 0.25) is 0 Å². The van der Waals surface area contributed by atoms with Crippen LogP contribution in [0.2, 0.25) is 0 Å². The van der Waals surface area contributed by atoms with E-state index in [4.69, 9.17) is 0 Å². The molecule has 1 fully saturated rings. The number of hydrogen-bond donors (Lipinski definition) is 1. The minimum atomic E-state index is -0.573. The fraction of sp³-hybridized carbons (Fsp3) is 0.333. The van der Waals surface area contributed by atoms with E-state index in [9.17, 15) is 9.18 Å². The van der Waals surface area contributed by atoms with Crippen molar-refractivity contribution in [1.82, 2.24) is 15.2 Å². The highest BCUT2D eigenvalue weighted by Crippen LogP contribution is 2.25. The van der Waals surface area contributed by atoms with E-state index in [1.54, 1.807) is 4.90 Å². The number of aromatic nitrogens is 1. The summed E-state index contributed by atoms with van der Waals surface area (Å²) >= 11 is 0. The van der Waals surface area contributed by atoms with E-state index in [1.807, 2.05) is 0 Å². The van der Waals surface area contributed by atoms with E-state index in [2.05, 4.69) is 41.5 Å². The molecule has 1 aromatic carbocycles. The molecule has 1 atom stereocenters. The van der Waals surface area contributed by atoms with Crippen molar-refractivity contribution in [2.24, 2.45) is 0 Å². The number of aryl methyl sites for hydroxylation is 1. The van der Waals surface area contributed by atoms with Crippen molar-refractivity contribution in [2.45, 2.75) is 19.4 Å². The summed E-state index contributed by atoms with van der Waals surface area (Å²) < 4.78 is 13.9. The molecule has 120 valence electrons. The van der Waals surface area contributed by atoms with Crippen molar-refractivity contribution in [2.75, 3.05) is 19.6 Å². The first-order valence-corrected chi connectivity index (χ1v) is 7.90. The Morgan fingerprint density at radius 1 is 1.35 bits per heavy atom. The normalized spacial score (nSPS) is 18.0. The molecule has 0 radical (unpaired) electrons. The molecule has 5 heteroatoms. The monoisotopic (exact) mass is 313 g/mol. The highest BCUT2D eigenvalue weighted by atomic mass is 19.1. The van der Waals surface area contributed by atoms with Gasteiger partial charge in [-0.1, -0.05) is 31.2 Å². The quantitative estimate of drug-likeness (QED) is 0.947. The first-order valence-electron chi connectivity index (χ1n) is 7.90. The molecular weight excluding hydrogens is 293 g/mol. The standard InChI is InChI=1S/C18H20FN3O/c1-2-13-3-5-14(6-4-13)17-12-21-9-10-22(17)18(23)15-7-8-20-11-16(15)19/h3-8,11,17,21H,2,9-10,12H2,1H3. The number of amides is 1. The van der Waals surface area contributed by atoms with Crippen LogP contribution in [0.25, 0.3) is 0 Å². The van der Waals surface area contributed by atoms with Crippen molar-refractivity contribution in [3.05, 3.63) is 65.2 Å². The second-order valence-electron chi connectivity index (χ2n) is 5.67. The third-order valence-electron chi connectivity index (χ3n) is 4.28. The molecule has 3 rings (SSSR count). The van der Waals surface area contributed by atoms with E-state index < -0.39 is 5.82 Å². The first-order chi connectivity index (χ1) is 11.2. The molecule has 1 aromatic heterocycles. The molecule has 0 aliphatic carbocycles. The van der Waals surface area contributed by atoms with Crippen LogP contribution in [-0.4, -0.2) is 35.4 Å². The van der Waals surface area contributed by atoms with Crippen LogP contribution in [0.4, 0.5) is 4.39 Å². The lowest BCUT2D eigenvalue weighted by atomic mass is 10.00. The van der Waals surface area contributed by atoms with Crippen molar-refractivity contribution < 1.29 is 9.18 Å². The van der Waals surface area contributed by atoms with Crippen LogP contribution in [0.1, 0.15) is 34.5 Å². The fourth-order valence-electron chi connectivity index (χ4n) is 2.92. The van der Waals surface area contributed by atoms with Crippen molar-refractivity contribution in [1.29, 1.82) is 0 Å². The second kappa shape index (κ2) is 6.87. The summed E-state index contributed by atoms with van der Waals surface area (Å²) in [6, 6.07) is 9.63. The zero-order chi connectivity index (χ0) is 16.2. The van der Waals surface area contributed by atoms with Gasteiger partial charge in [0, 0.05) is 25.8 Å². The SMILES string of the molecule is CCc1ccc(C2CNCCN2C(=O)c2ccncc2F)cc1. The highest BCUT2D eigenvalue weighted by molar-refractivity contribution is 5.94. The summed E-state index contributed by atoms with van der Waals surface area (Å²) in [5, 5.41) is 3.31. The van der Waals surface area contributed by atoms with Gasteiger partial charge in [0.25, 0.3) is 5.91 Å². The lowest BCUT2D eigenvalue weighted by Crippen LogP contribution is -2.48. The Labute approximate surface area is 135 Å². The summed E-state index contributed by atoms with van der Waals surface area (Å²) in [7, 11) is 0. The Bertz CT molecular complexity index is 687. The van der Waals surface area contributed by atoms with Crippen LogP contribution in [0, 0.1) is 5.82 Å². The number of halogens is 1. The van der Waals surface area contributed by atoms with Gasteiger partial charge in [-0.3, -0.25) is 9.78 Å². The summed E-state index contributed by atoms with van der Waals surface area (Å²) in [5.41, 5.74) is 2.41. The average molecular weight is 313 g/mol. The molecule has 1 aliphatic rings. The van der Waals surface area contributed by atoms with Gasteiger partial charge < -0.3 is 10.2 Å². The zero-order valence-electron chi connectivity index (χ0n) is 13.1. The zero-order valence-corrected chi connectivity index (χ0v) is 13.1. The van der Waals surface area contributed by atoms with Gasteiger partial charge in [-0.15, -0.1) is 0 Å². The Balaban J connectivity index is 1.89. The summed E-state index contributed by atoms with van der Waals surface area (Å²) in [4.78, 5) is 18.2. The number of hydrogen-bond acceptors (Lipinski definition) is 3. The molecule has 1 N–H and O–H groups in total. The van der Waals surface area contributed by atoms with E-state index in [0.717, 1.165) is 18.2 Å². The van der Waals surface area contributed by atoms with Crippen molar-refractivity contribution in [3.63, 3.8) is 0 Å². The van der Waals surface area contributed by atoms with Gasteiger partial charge in [-0.2, -0.15) is 0 Å². The smallest absolute Gasteiger partial charge is 0.257 e. The number of nitrogens with one attached hydrogen (secondary N) is 1. The van der Waals surface area contributed by atoms with Crippen LogP contribution in [0.15, 0.2) is 42.7 Å². The Morgan fingerprint density at radius 3 is 2.83 bits per heavy atom. The topological polar surface area (TPSA) is 45.2 Å². The van der Waals surface area contributed by atoms with E-state index in [0.29, 0.717) is 19.6 Å². The van der Waals surface area contributed by atoms with Gasteiger partial charge in [0.05, 0.1) is 17.8 Å². The lowest BCUT2D eigenvalue weighted by Gasteiger charge is -2.36. The lowest BCUT2D eigenvalue weighted by molar-refractivity contribution is 0.0629. The fourth-order valence-corrected chi connectivity index (χ4v) is 2.92. The van der Waals surface area contributed by atoms with Crippen LogP contribution >= 0.6 is 0 Å². The Morgan fingerprint density at radius 2 is 2.13 bits per heavy atom. The molecule has 2 heterocycles. The second-order valence-corrected chi connectivity index (χ2v) is 5.67. The predicted molar refractivity (Wildman–Crippen MR) is 86.7 cm³/mol. The van der Waals surface area contributed by atoms with Crippen molar-refractivity contribution >= 4 is 5.91 Å². The van der Waals surface area contributed by atoms with E-state index >= 15 is 0 Å². The van der Waals surface area contributed by atoms with Crippen LogP contribution in [0.3, 0.4) is 0 Å². The van der Waals surface area contributed by atoms with Gasteiger partial charge in [-0.25, -0.2) is 4.39 Å². The average Bonchev–Trinajstić information content (AvgIpc) is 2.62. The molecule has 1 aliphatic heterocycles. The summed E-state index contributed by atoms with van der Waals surface area (Å²) in [6.07, 6.45) is 3.51. The van der Waals surface area contributed by atoms with E-state index in [-0.39, 0.29) is 17.5 Å². The maximum absolute atomic E-state index is 13.9. The molecule has 4 nitrogen and oxygen atoms in total. The van der Waals surface area contributed by atoms with Crippen molar-refractivity contribution in [3.8, 4) is 0 Å². The number of nitrogens with zero attached hydrogens (tertiary/aromatic N) is 2. The number of piperazine rings is 1. The van der Waals surface area contributed by atoms with Gasteiger partial charge >= 0.3 is 0 Å². The molecule has 1 unspecified atom stereocenters. The maximum Gasteiger partial charge on any atom is 0.257 e. The third kappa shape index (κ3) is 3.24. The summed E-state index contributed by atoms with van der Waals surface area (Å²) in [6.45, 7) is 4.05. The molecule has 2 aromatic rings. The minimum absolute atomic E-state index is 0.0806. The summed E-state index contributed by atoms with van der Waals surface area (Å²) in [5.74, 6) is -0.855. The Hall–Kier alpha value is -2.27. The third-order valence-corrected chi connectivity index (χ3v) is 4.28. The number of rotatable bonds is 3. The molecule has 0 spiro atoms. The Kier molecular flexibility index (Phi) is 4.67. The number of benzene rings is 1. The maximum atomic E-state index is 13.9. The van der Waals surface area contributed by atoms with Crippen LogP contribution in [-0.2, 0) is 6.42 Å². The molecule has 23 heavy (non-hydrogen) atoms. The van der Waals surface area contributed by atoms with Crippen LogP contribution < -0.4 is 5.32 Å². The van der Waals surface area contributed by atoms with Gasteiger partial charge in [-0.05, 0) is 23.6 Å². The number of pyridine rings is 1. The molecule has 1 saturated heterocycles. The minimum Gasteiger partial charge on any atom is -0.329 e. The number of carbonyl (C=O) groups excluding carboxylic acids is 1. The first kappa shape index (κ1) is 15.6. The van der Waals surface area contributed by atoms with Crippen LogP contribution in [0.5, 0.6) is 0 Å². The van der Waals surface area contributed by atoms with Gasteiger partial charge in [0.15, 0.2) is 5.82 Å². The molecule has 0 bridgehead atoms. The largest absolute Gasteiger partial charge is 0.329 e. The van der Waals surface area contributed by atoms with Gasteiger partial charge in [0.1, 0.15) is 0 Å². The number of carbonyl (C=O) groups is 1. The molecule has 0 saturated carbocycles. The molecule has 1 amide bonds. The van der Waals surface area contributed by atoms with E-state index in [1.165, 1.54) is 17.8 Å². The molecular formula is C18H20FN3O. The predicted octanol–water partition coefficient (Wildman–Crippen LogP) is 2.57.